The van der Waals surface area contributed by atoms with E-state index in [0.29, 0.717) is 5.00 Å². The van der Waals surface area contributed by atoms with Crippen LogP contribution in [-0.2, 0) is 4.79 Å². The van der Waals surface area contributed by atoms with Crippen LogP contribution in [0.4, 0.5) is 5.00 Å². The molecule has 30 heavy (non-hydrogen) atoms. The number of anilines is 1. The zero-order valence-electron chi connectivity index (χ0n) is 16.6. The van der Waals surface area contributed by atoms with Crippen LogP contribution in [0, 0.1) is 0 Å². The van der Waals surface area contributed by atoms with Crippen molar-refractivity contribution in [2.75, 3.05) is 4.90 Å². The smallest absolute Gasteiger partial charge is 0.280 e. The highest BCUT2D eigenvalue weighted by Gasteiger charge is 2.35. The van der Waals surface area contributed by atoms with Crippen molar-refractivity contribution in [1.29, 1.82) is 0 Å². The fourth-order valence-electron chi connectivity index (χ4n) is 3.86. The van der Waals surface area contributed by atoms with Crippen LogP contribution in [0.25, 0.3) is 0 Å². The molecule has 1 saturated carbocycles. The van der Waals surface area contributed by atoms with E-state index in [2.05, 4.69) is 15.3 Å². The van der Waals surface area contributed by atoms with Gasteiger partial charge in [-0.3, -0.25) is 19.5 Å². The molecule has 4 rings (SSSR count). The van der Waals surface area contributed by atoms with Crippen LogP contribution in [0.2, 0.25) is 0 Å². The van der Waals surface area contributed by atoms with Crippen molar-refractivity contribution < 1.29 is 9.59 Å². The van der Waals surface area contributed by atoms with Crippen molar-refractivity contribution in [3.63, 3.8) is 0 Å². The van der Waals surface area contributed by atoms with Gasteiger partial charge in [0.05, 0.1) is 11.2 Å². The normalized spacial score (nSPS) is 15.3. The number of benzene rings is 1. The fourth-order valence-corrected chi connectivity index (χ4v) is 4.62. The van der Waals surface area contributed by atoms with Crippen molar-refractivity contribution in [3.05, 3.63) is 77.7 Å². The van der Waals surface area contributed by atoms with Crippen molar-refractivity contribution >= 4 is 28.2 Å². The number of carbonyl (C=O) groups is 2. The molecule has 1 aromatic carbocycles. The average Bonchev–Trinajstić information content (AvgIpc) is 3.33. The van der Waals surface area contributed by atoms with Gasteiger partial charge in [-0.15, -0.1) is 11.3 Å². The van der Waals surface area contributed by atoms with Crippen molar-refractivity contribution in [2.24, 2.45) is 0 Å². The van der Waals surface area contributed by atoms with Crippen molar-refractivity contribution in [2.45, 2.75) is 44.2 Å². The molecule has 0 radical (unpaired) electrons. The summed E-state index contributed by atoms with van der Waals surface area (Å²) in [5.74, 6) is -0.517. The lowest BCUT2D eigenvalue weighted by atomic mass is 9.94. The van der Waals surface area contributed by atoms with Gasteiger partial charge in [0, 0.05) is 18.4 Å². The number of thiophene rings is 1. The number of amides is 2. The molecule has 1 aliphatic rings. The van der Waals surface area contributed by atoms with Crippen LogP contribution in [-0.4, -0.2) is 27.8 Å². The zero-order valence-corrected chi connectivity index (χ0v) is 17.4. The van der Waals surface area contributed by atoms with Crippen LogP contribution in [0.15, 0.2) is 66.4 Å². The Labute approximate surface area is 180 Å². The molecule has 1 atom stereocenters. The number of rotatable bonds is 6. The molecule has 1 N–H and O–H groups in total. The number of nitrogens with one attached hydrogen (secondary N) is 1. The summed E-state index contributed by atoms with van der Waals surface area (Å²) < 4.78 is 0. The maximum Gasteiger partial charge on any atom is 0.280 e. The van der Waals surface area contributed by atoms with Crippen LogP contribution in [0.3, 0.4) is 0 Å². The number of aromatic nitrogens is 2. The molecule has 1 fully saturated rings. The van der Waals surface area contributed by atoms with Gasteiger partial charge in [-0.05, 0) is 35.9 Å². The molecule has 0 spiro atoms. The molecule has 2 amide bonds. The molecule has 0 aliphatic heterocycles. The van der Waals surface area contributed by atoms with Gasteiger partial charge < -0.3 is 5.32 Å². The molecule has 2 aromatic heterocycles. The minimum Gasteiger partial charge on any atom is -0.351 e. The molecule has 3 aromatic rings. The van der Waals surface area contributed by atoms with E-state index >= 15 is 0 Å². The van der Waals surface area contributed by atoms with Crippen LogP contribution in [0.5, 0.6) is 0 Å². The summed E-state index contributed by atoms with van der Waals surface area (Å²) in [7, 11) is 0. The van der Waals surface area contributed by atoms with Crippen LogP contribution < -0.4 is 10.2 Å². The minimum absolute atomic E-state index is 0.147. The number of nitrogens with zero attached hydrogens (tertiary/aromatic N) is 3. The van der Waals surface area contributed by atoms with Crippen molar-refractivity contribution in [1.82, 2.24) is 15.3 Å². The van der Waals surface area contributed by atoms with E-state index in [4.69, 9.17) is 0 Å². The molecule has 0 saturated heterocycles. The first-order chi connectivity index (χ1) is 14.7. The largest absolute Gasteiger partial charge is 0.351 e. The van der Waals surface area contributed by atoms with Gasteiger partial charge in [0.15, 0.2) is 0 Å². The standard InChI is InChI=1S/C23H24N4O2S/c28-22(26-18-10-5-2-6-11-18)21(17-8-3-1-4-9-17)27(20-12-7-15-30-20)23(29)19-16-24-13-14-25-19/h1,3-4,7-9,12-16,18,21H,2,5-6,10-11H2,(H,26,28). The molecular formula is C23H24N4O2S. The van der Waals surface area contributed by atoms with Gasteiger partial charge in [0.2, 0.25) is 5.91 Å². The Hall–Kier alpha value is -3.06. The molecule has 7 heteroatoms. The first-order valence-electron chi connectivity index (χ1n) is 10.2. The number of hydrogen-bond acceptors (Lipinski definition) is 5. The highest BCUT2D eigenvalue weighted by atomic mass is 32.1. The Morgan fingerprint density at radius 1 is 1.03 bits per heavy atom. The summed E-state index contributed by atoms with van der Waals surface area (Å²) >= 11 is 1.42. The van der Waals surface area contributed by atoms with E-state index in [1.807, 2.05) is 47.8 Å². The Kier molecular flexibility index (Phi) is 6.49. The van der Waals surface area contributed by atoms with E-state index in [-0.39, 0.29) is 23.6 Å². The lowest BCUT2D eigenvalue weighted by Gasteiger charge is -2.32. The maximum absolute atomic E-state index is 13.5. The van der Waals surface area contributed by atoms with Gasteiger partial charge in [0.25, 0.3) is 5.91 Å². The van der Waals surface area contributed by atoms with E-state index in [1.165, 1.54) is 36.3 Å². The molecule has 1 unspecified atom stereocenters. The molecule has 6 nitrogen and oxygen atoms in total. The molecule has 2 heterocycles. The first kappa shape index (κ1) is 20.2. The molecule has 1 aliphatic carbocycles. The number of hydrogen-bond donors (Lipinski definition) is 1. The van der Waals surface area contributed by atoms with Gasteiger partial charge in [-0.25, -0.2) is 4.98 Å². The van der Waals surface area contributed by atoms with Gasteiger partial charge in [-0.1, -0.05) is 49.6 Å². The highest BCUT2D eigenvalue weighted by molar-refractivity contribution is 7.14. The predicted octanol–water partition coefficient (Wildman–Crippen LogP) is 4.38. The fraction of sp³-hybridized carbons (Fsp3) is 0.304. The summed E-state index contributed by atoms with van der Waals surface area (Å²) in [4.78, 5) is 36.8. The van der Waals surface area contributed by atoms with E-state index in [1.54, 1.807) is 4.90 Å². The Morgan fingerprint density at radius 2 is 1.83 bits per heavy atom. The molecule has 154 valence electrons. The minimum atomic E-state index is -0.790. The van der Waals surface area contributed by atoms with Crippen molar-refractivity contribution in [3.8, 4) is 0 Å². The van der Waals surface area contributed by atoms with E-state index in [9.17, 15) is 9.59 Å². The van der Waals surface area contributed by atoms with Crippen LogP contribution in [0.1, 0.15) is 54.2 Å². The summed E-state index contributed by atoms with van der Waals surface area (Å²) in [5, 5.41) is 5.79. The zero-order chi connectivity index (χ0) is 20.8. The van der Waals surface area contributed by atoms with Gasteiger partial charge in [0.1, 0.15) is 11.7 Å². The second kappa shape index (κ2) is 9.63. The summed E-state index contributed by atoms with van der Waals surface area (Å²) in [6, 6.07) is 12.5. The lowest BCUT2D eigenvalue weighted by molar-refractivity contribution is -0.123. The third kappa shape index (κ3) is 4.57. The van der Waals surface area contributed by atoms with E-state index in [0.717, 1.165) is 31.2 Å². The Morgan fingerprint density at radius 3 is 2.50 bits per heavy atom. The second-order valence-electron chi connectivity index (χ2n) is 7.37. The summed E-state index contributed by atoms with van der Waals surface area (Å²) in [6.45, 7) is 0. The highest BCUT2D eigenvalue weighted by Crippen LogP contribution is 2.33. The van der Waals surface area contributed by atoms with Gasteiger partial charge in [-0.2, -0.15) is 0 Å². The average molecular weight is 421 g/mol. The molecule has 0 bridgehead atoms. The topological polar surface area (TPSA) is 75.2 Å². The number of carbonyl (C=O) groups excluding carboxylic acids is 2. The lowest BCUT2D eigenvalue weighted by Crippen LogP contribution is -2.47. The second-order valence-corrected chi connectivity index (χ2v) is 8.30. The monoisotopic (exact) mass is 420 g/mol. The van der Waals surface area contributed by atoms with Crippen LogP contribution >= 0.6 is 11.3 Å². The quantitative estimate of drug-likeness (QED) is 0.642. The van der Waals surface area contributed by atoms with Gasteiger partial charge >= 0.3 is 0 Å². The van der Waals surface area contributed by atoms with E-state index < -0.39 is 6.04 Å². The Balaban J connectivity index is 1.73. The summed E-state index contributed by atoms with van der Waals surface area (Å²) in [5.41, 5.74) is 0.966. The predicted molar refractivity (Wildman–Crippen MR) is 117 cm³/mol. The SMILES string of the molecule is O=C(NC1CCCCC1)C(c1ccccc1)N(C(=O)c1cnccn1)c1cccs1. The Bertz CT molecular complexity index is 957. The first-order valence-corrected chi connectivity index (χ1v) is 11.1. The summed E-state index contributed by atoms with van der Waals surface area (Å²) in [6.07, 6.45) is 9.85. The maximum atomic E-state index is 13.5. The molecular weight excluding hydrogens is 396 g/mol. The third-order valence-electron chi connectivity index (χ3n) is 5.32. The third-order valence-corrected chi connectivity index (χ3v) is 6.19.